The monoisotopic (exact) mass is 503 g/mol. The molecule has 4 aromatic rings. The average Bonchev–Trinajstić information content (AvgIpc) is 2.89. The molecule has 1 aromatic heterocycles. The van der Waals surface area contributed by atoms with Crippen molar-refractivity contribution in [2.24, 2.45) is 0 Å². The molecule has 0 aliphatic rings. The fourth-order valence-electron chi connectivity index (χ4n) is 3.99. The van der Waals surface area contributed by atoms with Crippen LogP contribution in [0.1, 0.15) is 36.6 Å². The molecule has 0 saturated heterocycles. The Labute approximate surface area is 210 Å². The van der Waals surface area contributed by atoms with Gasteiger partial charge in [-0.25, -0.2) is 9.18 Å². The number of anilines is 2. The molecule has 9 nitrogen and oxygen atoms in total. The number of halogens is 1. The lowest BCUT2D eigenvalue weighted by molar-refractivity contribution is 0.0600. The van der Waals surface area contributed by atoms with Gasteiger partial charge in [0.1, 0.15) is 17.1 Å². The predicted molar refractivity (Wildman–Crippen MR) is 136 cm³/mol. The second-order valence-electron chi connectivity index (χ2n) is 8.23. The minimum absolute atomic E-state index is 0.00549. The van der Waals surface area contributed by atoms with Gasteiger partial charge in [-0.1, -0.05) is 30.3 Å². The highest BCUT2D eigenvalue weighted by atomic mass is 19.1. The molecule has 0 bridgehead atoms. The molecular weight excluding hydrogens is 481 g/mol. The first-order valence-electron chi connectivity index (χ1n) is 11.1. The minimum Gasteiger partial charge on any atom is -0.506 e. The Morgan fingerprint density at radius 1 is 1.14 bits per heavy atom. The van der Waals surface area contributed by atoms with Crippen molar-refractivity contribution >= 4 is 40.4 Å². The van der Waals surface area contributed by atoms with Crippen LogP contribution in [0.15, 0.2) is 65.5 Å². The molecule has 188 valence electrons. The number of nitrogens with zero attached hydrogens (tertiary/aromatic N) is 1. The zero-order valence-corrected chi connectivity index (χ0v) is 19.9. The topological polar surface area (TPSA) is 129 Å². The van der Waals surface area contributed by atoms with Crippen molar-refractivity contribution in [3.05, 3.63) is 99.1 Å². The van der Waals surface area contributed by atoms with Gasteiger partial charge in [-0.3, -0.25) is 14.4 Å². The van der Waals surface area contributed by atoms with Crippen molar-refractivity contribution in [3.63, 3.8) is 0 Å². The lowest BCUT2D eigenvalue weighted by Gasteiger charge is -2.22. The fourth-order valence-corrected chi connectivity index (χ4v) is 3.99. The van der Waals surface area contributed by atoms with Gasteiger partial charge in [0.05, 0.1) is 29.6 Å². The number of H-pyrrole nitrogens is 1. The number of methoxy groups -OCH3 is 1. The van der Waals surface area contributed by atoms with Crippen molar-refractivity contribution in [2.45, 2.75) is 6.54 Å². The summed E-state index contributed by atoms with van der Waals surface area (Å²) in [5.74, 6) is -3.11. The smallest absolute Gasteiger partial charge is 0.337 e. The molecule has 4 rings (SSSR count). The van der Waals surface area contributed by atoms with Crippen LogP contribution < -0.4 is 15.8 Å². The molecule has 0 atom stereocenters. The number of nitrogens with one attached hydrogen (secondary N) is 2. The molecule has 10 heteroatoms. The number of rotatable bonds is 7. The van der Waals surface area contributed by atoms with Crippen molar-refractivity contribution in [3.8, 4) is 5.75 Å². The van der Waals surface area contributed by atoms with E-state index in [-0.39, 0.29) is 27.7 Å². The molecule has 0 unspecified atom stereocenters. The van der Waals surface area contributed by atoms with E-state index in [0.717, 1.165) is 11.6 Å². The number of hydrogen-bond acceptors (Lipinski definition) is 7. The Hall–Kier alpha value is -4.99. The first-order chi connectivity index (χ1) is 17.7. The maximum absolute atomic E-state index is 14.6. The quantitative estimate of drug-likeness (QED) is 0.258. The highest BCUT2D eigenvalue weighted by Gasteiger charge is 2.23. The minimum atomic E-state index is -1.03. The van der Waals surface area contributed by atoms with Gasteiger partial charge < -0.3 is 25.0 Å². The maximum Gasteiger partial charge on any atom is 0.337 e. The van der Waals surface area contributed by atoms with Gasteiger partial charge in [-0.15, -0.1) is 0 Å². The number of esters is 1. The number of carbonyl (C=O) groups excluding carboxylic acids is 3. The molecule has 0 aliphatic carbocycles. The molecule has 0 aliphatic heterocycles. The van der Waals surface area contributed by atoms with Crippen LogP contribution in [0.25, 0.3) is 10.9 Å². The number of pyridine rings is 1. The van der Waals surface area contributed by atoms with Crippen LogP contribution in [0.4, 0.5) is 15.8 Å². The highest BCUT2D eigenvalue weighted by molar-refractivity contribution is 6.11. The number of aromatic hydroxyl groups is 1. The summed E-state index contributed by atoms with van der Waals surface area (Å²) in [7, 11) is 2.89. The number of fused-ring (bicyclic) bond motifs is 1. The molecule has 0 spiro atoms. The van der Waals surface area contributed by atoms with Crippen molar-refractivity contribution < 1.29 is 28.6 Å². The summed E-state index contributed by atoms with van der Waals surface area (Å²) in [5.41, 5.74) is -0.163. The predicted octanol–water partition coefficient (Wildman–Crippen LogP) is 3.86. The van der Waals surface area contributed by atoms with Gasteiger partial charge in [0.15, 0.2) is 6.29 Å². The number of benzene rings is 3. The van der Waals surface area contributed by atoms with Crippen molar-refractivity contribution in [2.75, 3.05) is 24.4 Å². The van der Waals surface area contributed by atoms with Crippen LogP contribution in [0.3, 0.4) is 0 Å². The zero-order valence-electron chi connectivity index (χ0n) is 19.9. The van der Waals surface area contributed by atoms with E-state index in [1.54, 1.807) is 11.9 Å². The van der Waals surface area contributed by atoms with Crippen LogP contribution in [-0.2, 0) is 11.3 Å². The fraction of sp³-hybridized carbons (Fsp3) is 0.111. The van der Waals surface area contributed by atoms with E-state index in [4.69, 9.17) is 0 Å². The molecule has 0 radical (unpaired) electrons. The summed E-state index contributed by atoms with van der Waals surface area (Å²) in [4.78, 5) is 53.4. The van der Waals surface area contributed by atoms with Gasteiger partial charge in [0.2, 0.25) is 0 Å². The number of ether oxygens (including phenoxy) is 1. The molecule has 1 heterocycles. The van der Waals surface area contributed by atoms with Crippen LogP contribution in [0.5, 0.6) is 5.75 Å². The molecule has 3 aromatic carbocycles. The first-order valence-corrected chi connectivity index (χ1v) is 11.1. The molecular formula is C27H22FN3O6. The maximum atomic E-state index is 14.6. The third kappa shape index (κ3) is 5.03. The number of carbonyl (C=O) groups is 3. The lowest BCUT2D eigenvalue weighted by Crippen LogP contribution is -2.25. The largest absolute Gasteiger partial charge is 0.506 e. The number of aromatic nitrogens is 1. The Kier molecular flexibility index (Phi) is 7.01. The summed E-state index contributed by atoms with van der Waals surface area (Å²) in [6, 6.07) is 15.4. The van der Waals surface area contributed by atoms with E-state index in [1.165, 1.54) is 31.4 Å². The Balaban J connectivity index is 1.73. The van der Waals surface area contributed by atoms with Crippen LogP contribution in [-0.4, -0.2) is 42.4 Å². The van der Waals surface area contributed by atoms with Crippen LogP contribution in [0.2, 0.25) is 0 Å². The third-order valence-electron chi connectivity index (χ3n) is 5.79. The van der Waals surface area contributed by atoms with E-state index in [2.05, 4.69) is 15.0 Å². The number of aldehydes is 1. The van der Waals surface area contributed by atoms with E-state index in [9.17, 15) is 28.7 Å². The van der Waals surface area contributed by atoms with Crippen LogP contribution in [0, 0.1) is 5.82 Å². The molecule has 1 amide bonds. The summed E-state index contributed by atoms with van der Waals surface area (Å²) in [5, 5.41) is 13.2. The van der Waals surface area contributed by atoms with Gasteiger partial charge in [0.25, 0.3) is 11.5 Å². The molecule has 0 fully saturated rings. The number of hydrogen-bond donors (Lipinski definition) is 3. The highest BCUT2D eigenvalue weighted by Crippen LogP contribution is 2.33. The Morgan fingerprint density at radius 2 is 1.86 bits per heavy atom. The van der Waals surface area contributed by atoms with Gasteiger partial charge in [-0.2, -0.15) is 0 Å². The average molecular weight is 503 g/mol. The standard InChI is InChI=1S/C27H22FN3O6/c1-31(13-15-6-4-3-5-7-15)21-12-18(28)11-19-23(21)30-26(35)22(24(19)33)25(34)29-20-9-8-16(27(36)37-2)10-17(20)14-32/h3-12,14H,13H2,1-2H3,(H,29,34)(H2,30,33,35). The second-order valence-corrected chi connectivity index (χ2v) is 8.23. The van der Waals surface area contributed by atoms with E-state index >= 15 is 0 Å². The van der Waals surface area contributed by atoms with E-state index < -0.39 is 34.6 Å². The second kappa shape index (κ2) is 10.3. The number of aromatic amines is 1. The van der Waals surface area contributed by atoms with E-state index in [1.807, 2.05) is 30.3 Å². The molecule has 3 N–H and O–H groups in total. The van der Waals surface area contributed by atoms with E-state index in [0.29, 0.717) is 18.5 Å². The molecule has 0 saturated carbocycles. The third-order valence-corrected chi connectivity index (χ3v) is 5.79. The Bertz CT molecular complexity index is 1580. The summed E-state index contributed by atoms with van der Waals surface area (Å²) < 4.78 is 19.2. The van der Waals surface area contributed by atoms with Gasteiger partial charge in [-0.05, 0) is 35.9 Å². The molecule has 37 heavy (non-hydrogen) atoms. The lowest BCUT2D eigenvalue weighted by atomic mass is 10.1. The first kappa shape index (κ1) is 25.1. The normalized spacial score (nSPS) is 10.7. The van der Waals surface area contributed by atoms with Gasteiger partial charge >= 0.3 is 5.97 Å². The summed E-state index contributed by atoms with van der Waals surface area (Å²) >= 11 is 0. The number of amides is 1. The van der Waals surface area contributed by atoms with Crippen molar-refractivity contribution in [1.82, 2.24) is 4.98 Å². The zero-order chi connectivity index (χ0) is 26.7. The Morgan fingerprint density at radius 3 is 2.54 bits per heavy atom. The summed E-state index contributed by atoms with van der Waals surface area (Å²) in [6.45, 7) is 0.389. The SMILES string of the molecule is COC(=O)c1ccc(NC(=O)c2c(O)c3cc(F)cc(N(C)Cc4ccccc4)c3[nH]c2=O)c(C=O)c1. The van der Waals surface area contributed by atoms with Crippen LogP contribution >= 0.6 is 0 Å². The van der Waals surface area contributed by atoms with Gasteiger partial charge in [0, 0.05) is 24.5 Å². The van der Waals surface area contributed by atoms with Crippen molar-refractivity contribution in [1.29, 1.82) is 0 Å². The summed E-state index contributed by atoms with van der Waals surface area (Å²) in [6.07, 6.45) is 0.413.